The fourth-order valence-electron chi connectivity index (χ4n) is 4.51. The fraction of sp³-hybridized carbons (Fsp3) is 0.600. The molecule has 2 aliphatic heterocycles. The van der Waals surface area contributed by atoms with Gasteiger partial charge in [0.15, 0.2) is 15.0 Å². The maximum atomic E-state index is 13.3. The predicted molar refractivity (Wildman–Crippen MR) is 116 cm³/mol. The third-order valence-electron chi connectivity index (χ3n) is 6.06. The molecule has 0 N–H and O–H groups in total. The van der Waals surface area contributed by atoms with Gasteiger partial charge in [0, 0.05) is 11.7 Å². The summed E-state index contributed by atoms with van der Waals surface area (Å²) in [7, 11) is -3.34. The third-order valence-corrected chi connectivity index (χ3v) is 9.59. The lowest BCUT2D eigenvalue weighted by Gasteiger charge is -2.26. The summed E-state index contributed by atoms with van der Waals surface area (Å²) in [6.07, 6.45) is 0.977. The second kappa shape index (κ2) is 8.59. The van der Waals surface area contributed by atoms with E-state index in [0.717, 1.165) is 49.2 Å². The molecule has 1 aromatic carbocycles. The molecule has 0 aromatic heterocycles. The van der Waals surface area contributed by atoms with Crippen molar-refractivity contribution >= 4 is 50.0 Å². The summed E-state index contributed by atoms with van der Waals surface area (Å²) in [6, 6.07) is 2.30. The van der Waals surface area contributed by atoms with Crippen LogP contribution in [0.1, 0.15) is 44.1 Å². The van der Waals surface area contributed by atoms with Gasteiger partial charge in [-0.25, -0.2) is 8.42 Å². The van der Waals surface area contributed by atoms with Crippen LogP contribution in [0.4, 0.5) is 18.9 Å². The number of alkyl halides is 3. The largest absolute Gasteiger partial charge is 0.416 e. The third kappa shape index (κ3) is 5.06. The van der Waals surface area contributed by atoms with Crippen LogP contribution in [0.2, 0.25) is 5.02 Å². The highest BCUT2D eigenvalue weighted by atomic mass is 35.5. The molecule has 2 atom stereocenters. The minimum absolute atomic E-state index is 0.0240. The van der Waals surface area contributed by atoms with Crippen LogP contribution < -0.4 is 4.90 Å². The summed E-state index contributed by atoms with van der Waals surface area (Å²) < 4.78 is 64.2. The molecule has 2 heterocycles. The van der Waals surface area contributed by atoms with Gasteiger partial charge >= 0.3 is 6.18 Å². The second-order valence-electron chi connectivity index (χ2n) is 8.31. The van der Waals surface area contributed by atoms with Crippen molar-refractivity contribution in [1.82, 2.24) is 0 Å². The Hall–Kier alpha value is -1.26. The van der Waals surface area contributed by atoms with Gasteiger partial charge in [-0.05, 0) is 30.5 Å². The van der Waals surface area contributed by atoms with Crippen molar-refractivity contribution in [2.24, 2.45) is 10.9 Å². The molecule has 3 aliphatic rings. The Labute approximate surface area is 188 Å². The Morgan fingerprint density at radius 3 is 2.61 bits per heavy atom. The van der Waals surface area contributed by atoms with Crippen molar-refractivity contribution in [2.75, 3.05) is 16.4 Å². The van der Waals surface area contributed by atoms with E-state index >= 15 is 0 Å². The molecule has 0 radical (unpaired) electrons. The Kier molecular flexibility index (Phi) is 6.35. The normalized spacial score (nSPS) is 27.2. The Bertz CT molecular complexity index is 1010. The highest BCUT2D eigenvalue weighted by Crippen LogP contribution is 2.44. The molecule has 170 valence electrons. The van der Waals surface area contributed by atoms with Gasteiger partial charge in [0.25, 0.3) is 0 Å². The van der Waals surface area contributed by atoms with Crippen LogP contribution in [-0.4, -0.2) is 42.3 Å². The van der Waals surface area contributed by atoms with Crippen LogP contribution in [0.3, 0.4) is 0 Å². The molecule has 1 aromatic rings. The van der Waals surface area contributed by atoms with E-state index in [-0.39, 0.29) is 39.7 Å². The molecule has 3 fully saturated rings. The average molecular weight is 495 g/mol. The maximum absolute atomic E-state index is 13.3. The molecule has 31 heavy (non-hydrogen) atoms. The summed E-state index contributed by atoms with van der Waals surface area (Å²) >= 11 is 7.36. The molecule has 1 aliphatic carbocycles. The van der Waals surface area contributed by atoms with Crippen molar-refractivity contribution in [3.8, 4) is 0 Å². The zero-order valence-electron chi connectivity index (χ0n) is 16.6. The number of anilines is 1. The van der Waals surface area contributed by atoms with Crippen LogP contribution in [0.15, 0.2) is 23.2 Å². The van der Waals surface area contributed by atoms with E-state index in [4.69, 9.17) is 11.6 Å². The van der Waals surface area contributed by atoms with Crippen molar-refractivity contribution in [2.45, 2.75) is 56.0 Å². The first kappa shape index (κ1) is 22.9. The first-order valence-electron chi connectivity index (χ1n) is 10.2. The van der Waals surface area contributed by atoms with Crippen LogP contribution in [0, 0.1) is 5.92 Å². The first-order chi connectivity index (χ1) is 14.5. The zero-order valence-corrected chi connectivity index (χ0v) is 19.0. The zero-order chi connectivity index (χ0) is 22.4. The molecule has 5 nitrogen and oxygen atoms in total. The quantitative estimate of drug-likeness (QED) is 0.593. The Balaban J connectivity index is 1.65. The number of carbonyl (C=O) groups is 1. The number of thioether (sulfide) groups is 1. The summed E-state index contributed by atoms with van der Waals surface area (Å²) in [4.78, 5) is 18.1. The summed E-state index contributed by atoms with van der Waals surface area (Å²) in [5.74, 6) is -0.152. The predicted octanol–water partition coefficient (Wildman–Crippen LogP) is 4.93. The van der Waals surface area contributed by atoms with E-state index in [0.29, 0.717) is 5.92 Å². The van der Waals surface area contributed by atoms with Gasteiger partial charge in [-0.15, -0.1) is 0 Å². The van der Waals surface area contributed by atoms with Crippen LogP contribution in [0.5, 0.6) is 0 Å². The Morgan fingerprint density at radius 1 is 1.23 bits per heavy atom. The average Bonchev–Trinajstić information content (AvgIpc) is 3.34. The van der Waals surface area contributed by atoms with E-state index in [9.17, 15) is 26.4 Å². The van der Waals surface area contributed by atoms with Gasteiger partial charge in [-0.2, -0.15) is 18.2 Å². The van der Waals surface area contributed by atoms with Crippen molar-refractivity contribution in [1.29, 1.82) is 0 Å². The second-order valence-corrected chi connectivity index (χ2v) is 12.1. The fourth-order valence-corrected chi connectivity index (χ4v) is 8.64. The lowest BCUT2D eigenvalue weighted by molar-refractivity contribution is -0.137. The molecule has 0 bridgehead atoms. The van der Waals surface area contributed by atoms with Crippen molar-refractivity contribution < 1.29 is 26.4 Å². The molecular weight excluding hydrogens is 473 g/mol. The van der Waals surface area contributed by atoms with Crippen LogP contribution in [-0.2, 0) is 20.8 Å². The van der Waals surface area contributed by atoms with Gasteiger partial charge in [0.2, 0.25) is 5.91 Å². The van der Waals surface area contributed by atoms with E-state index in [1.165, 1.54) is 17.7 Å². The van der Waals surface area contributed by atoms with E-state index in [1.54, 1.807) is 0 Å². The first-order valence-corrected chi connectivity index (χ1v) is 13.3. The number of benzene rings is 1. The number of aliphatic imine (C=N–C) groups is 1. The molecule has 11 heteroatoms. The van der Waals surface area contributed by atoms with Gasteiger partial charge in [-0.1, -0.05) is 49.0 Å². The van der Waals surface area contributed by atoms with E-state index < -0.39 is 32.9 Å². The van der Waals surface area contributed by atoms with Crippen molar-refractivity contribution in [3.63, 3.8) is 0 Å². The number of halogens is 4. The van der Waals surface area contributed by atoms with Crippen molar-refractivity contribution in [3.05, 3.63) is 28.8 Å². The molecule has 1 amide bonds. The molecule has 0 spiro atoms. The smallest absolute Gasteiger partial charge is 0.314 e. The molecule has 2 saturated heterocycles. The standard InChI is InChI=1S/C20H22ClF3N2O3S2/c21-14-7-6-13(20(22,23)24)9-15(14)26-16-10-31(28,29)11-17(16)30-19(26)25-18(27)8-5-12-3-1-2-4-12/h6-7,9,12,16-17H,1-5,8,10-11H2/t16-,17+/m1/s1. The SMILES string of the molecule is O=C(CCC1CCCC1)N=C1S[C@H]2CS(=O)(=O)C[C@H]2N1c1cc(C(F)(F)F)ccc1Cl. The lowest BCUT2D eigenvalue weighted by atomic mass is 10.0. The number of amides is 1. The Morgan fingerprint density at radius 2 is 1.94 bits per heavy atom. The number of hydrogen-bond acceptors (Lipinski definition) is 4. The van der Waals surface area contributed by atoms with Gasteiger partial charge < -0.3 is 4.90 Å². The minimum Gasteiger partial charge on any atom is -0.314 e. The van der Waals surface area contributed by atoms with E-state index in [2.05, 4.69) is 4.99 Å². The minimum atomic E-state index is -4.58. The maximum Gasteiger partial charge on any atom is 0.416 e. The van der Waals surface area contributed by atoms with Gasteiger partial charge in [-0.3, -0.25) is 4.79 Å². The van der Waals surface area contributed by atoms with Gasteiger partial charge in [0.05, 0.1) is 33.8 Å². The number of amidine groups is 1. The lowest BCUT2D eigenvalue weighted by Crippen LogP contribution is -2.38. The monoisotopic (exact) mass is 494 g/mol. The highest BCUT2D eigenvalue weighted by Gasteiger charge is 2.50. The number of sulfone groups is 1. The number of nitrogens with zero attached hydrogens (tertiary/aromatic N) is 2. The number of fused-ring (bicyclic) bond motifs is 1. The highest BCUT2D eigenvalue weighted by molar-refractivity contribution is 8.16. The number of carbonyl (C=O) groups excluding carboxylic acids is 1. The van der Waals surface area contributed by atoms with Crippen LogP contribution >= 0.6 is 23.4 Å². The van der Waals surface area contributed by atoms with E-state index in [1.807, 2.05) is 0 Å². The topological polar surface area (TPSA) is 66.8 Å². The van der Waals surface area contributed by atoms with Gasteiger partial charge in [0.1, 0.15) is 0 Å². The molecule has 0 unspecified atom stereocenters. The van der Waals surface area contributed by atoms with Crippen LogP contribution in [0.25, 0.3) is 0 Å². The summed E-state index contributed by atoms with van der Waals surface area (Å²) in [5, 5.41) is -0.135. The molecular formula is C20H22ClF3N2O3S2. The number of rotatable bonds is 4. The molecule has 4 rings (SSSR count). The number of hydrogen-bond donors (Lipinski definition) is 0. The summed E-state index contributed by atoms with van der Waals surface area (Å²) in [5.41, 5.74) is -0.871. The molecule has 1 saturated carbocycles. The summed E-state index contributed by atoms with van der Waals surface area (Å²) in [6.45, 7) is 0.